The number of nitrogens with one attached hydrogen (secondary N) is 12. The van der Waals surface area contributed by atoms with Gasteiger partial charge in [-0.3, -0.25) is 86.6 Å². The number of carboxylic acids is 3. The lowest BCUT2D eigenvalue weighted by Crippen LogP contribution is -2.67. The Hall–Kier alpha value is -11.7. The van der Waals surface area contributed by atoms with E-state index in [4.69, 9.17) is 28.7 Å². The third-order valence-corrected chi connectivity index (χ3v) is 17.6. The van der Waals surface area contributed by atoms with Gasteiger partial charge in [0.15, 0.2) is 12.1 Å². The van der Waals surface area contributed by atoms with Crippen molar-refractivity contribution in [1.29, 1.82) is 0 Å². The monoisotopic (exact) mass is 1530 g/mol. The number of rotatable bonds is 46. The molecule has 1 aromatic heterocycles. The van der Waals surface area contributed by atoms with E-state index < -0.39 is 217 Å². The fraction of sp³-hybridized carbons (Fsp3) is 0.536. The van der Waals surface area contributed by atoms with Gasteiger partial charge in [0.1, 0.15) is 66.5 Å². The van der Waals surface area contributed by atoms with Crippen molar-refractivity contribution in [2.45, 2.75) is 204 Å². The number of aliphatic imine (C=N–C) groups is 1. The highest BCUT2D eigenvalue weighted by atomic mass is 16.4. The van der Waals surface area contributed by atoms with Gasteiger partial charge >= 0.3 is 17.9 Å². The van der Waals surface area contributed by atoms with Crippen LogP contribution in [0.2, 0.25) is 0 Å². The van der Waals surface area contributed by atoms with E-state index in [9.17, 15) is 97.1 Å². The molecule has 0 aliphatic carbocycles. The molecule has 40 nitrogen and oxygen atoms in total. The van der Waals surface area contributed by atoms with Crippen LogP contribution in [0.25, 0.3) is 0 Å². The van der Waals surface area contributed by atoms with Crippen LogP contribution in [0.3, 0.4) is 0 Å². The molecule has 1 aliphatic heterocycles. The molecule has 4 rings (SSSR count). The standard InChI is InChI=1S/C69H102N20O20/c1-8-35(6)53(71)65(105)86-48(31-90)64(104)88-56(89-30-39-18-13-12-17-38(39)25-49(89)68(108)109)67(107)87-54(34(4)5)66(106)85-46(27-50(70)91)63(103)82-44(23-33(2)3)61(101)84-47(28-52(94)95)60(100)78-36(7)57(97)79-42(20-21-51(92)93)59(99)83-45(24-37-15-10-9-11-16-37)62(102)80-41(19-14-22-76-69(73)74)58(98)81-43(55(72)96)26-40-29-75-32-77-40/h9-13,15-18,29,32-36,41-49,53-54,56,90H,8,14,19-28,30-31,71H2,1-7H3,(H2,70,91)(H2,72,96)(H,75,77)(H,78,100)(H,79,97)(H,80,102)(H,81,98)(H,82,103)(H,83,99)(H,84,101)(H,85,106)(H,86,105)(H,87,107)(H,88,104)(H,92,93)(H,94,95)(H,108,109)(H4,73,74,76)/t35-,36-,41-,42-,43-,44-,45-,46-,47-,48-,49-,53-,54-,56-/m0/s1. The molecule has 40 heteroatoms. The van der Waals surface area contributed by atoms with Crippen molar-refractivity contribution < 1.29 is 97.1 Å². The van der Waals surface area contributed by atoms with Gasteiger partial charge in [0, 0.05) is 44.2 Å². The third-order valence-electron chi connectivity index (χ3n) is 17.6. The quantitative estimate of drug-likeness (QED) is 0.0142. The number of aliphatic hydroxyl groups excluding tert-OH is 1. The van der Waals surface area contributed by atoms with E-state index >= 15 is 0 Å². The molecule has 0 unspecified atom stereocenters. The Morgan fingerprint density at radius 2 is 1.08 bits per heavy atom. The van der Waals surface area contributed by atoms with Gasteiger partial charge in [-0.1, -0.05) is 103 Å². The summed E-state index contributed by atoms with van der Waals surface area (Å²) in [5.41, 5.74) is 30.3. The number of fused-ring (bicyclic) bond motifs is 1. The molecule has 109 heavy (non-hydrogen) atoms. The molecular formula is C69H102N20O20. The summed E-state index contributed by atoms with van der Waals surface area (Å²) in [4.78, 5) is 230. The van der Waals surface area contributed by atoms with Crippen molar-refractivity contribution in [3.63, 3.8) is 0 Å². The van der Waals surface area contributed by atoms with E-state index in [2.05, 4.69) is 73.4 Å². The maximum Gasteiger partial charge on any atom is 0.321 e. The number of amides is 13. The lowest BCUT2D eigenvalue weighted by molar-refractivity contribution is -0.150. The van der Waals surface area contributed by atoms with Crippen LogP contribution in [0.4, 0.5) is 0 Å². The smallest absolute Gasteiger partial charge is 0.321 e. The lowest BCUT2D eigenvalue weighted by Gasteiger charge is -2.40. The zero-order chi connectivity index (χ0) is 81.5. The highest BCUT2D eigenvalue weighted by molar-refractivity contribution is 6.01. The Balaban J connectivity index is 1.58. The molecular weight excluding hydrogens is 1430 g/mol. The molecule has 3 aromatic rings. The molecule has 0 radical (unpaired) electrons. The predicted molar refractivity (Wildman–Crippen MR) is 387 cm³/mol. The lowest BCUT2D eigenvalue weighted by atomic mass is 9.93. The second-order valence-corrected chi connectivity index (χ2v) is 27.1. The molecule has 14 atom stereocenters. The first-order valence-electron chi connectivity index (χ1n) is 35.2. The first-order valence-corrected chi connectivity index (χ1v) is 35.2. The van der Waals surface area contributed by atoms with Crippen molar-refractivity contribution in [2.75, 3.05) is 13.2 Å². The van der Waals surface area contributed by atoms with Gasteiger partial charge in [0.2, 0.25) is 70.9 Å². The Morgan fingerprint density at radius 3 is 1.64 bits per heavy atom. The van der Waals surface area contributed by atoms with Gasteiger partial charge in [-0.15, -0.1) is 0 Å². The molecule has 1 aliphatic rings. The molecule has 2 heterocycles. The van der Waals surface area contributed by atoms with Gasteiger partial charge < -0.3 is 113 Å². The van der Waals surface area contributed by atoms with Crippen LogP contribution >= 0.6 is 0 Å². The Bertz CT molecular complexity index is 3730. The highest BCUT2D eigenvalue weighted by Gasteiger charge is 2.44. The number of hydrogen-bond acceptors (Lipinski definition) is 21. The number of H-pyrrole nitrogens is 1. The van der Waals surface area contributed by atoms with Gasteiger partial charge in [-0.2, -0.15) is 0 Å². The highest BCUT2D eigenvalue weighted by Crippen LogP contribution is 2.26. The molecule has 0 saturated heterocycles. The van der Waals surface area contributed by atoms with Crippen molar-refractivity contribution in [2.24, 2.45) is 51.4 Å². The number of nitrogens with two attached hydrogens (primary N) is 5. The fourth-order valence-corrected chi connectivity index (χ4v) is 11.3. The topological polar surface area (TPSA) is 661 Å². The first kappa shape index (κ1) is 89.7. The normalized spacial score (nSPS) is 16.2. The van der Waals surface area contributed by atoms with Crippen molar-refractivity contribution in [1.82, 2.24) is 73.4 Å². The number of aliphatic hydroxyl groups is 1. The third kappa shape index (κ3) is 29.5. The maximum absolute atomic E-state index is 14.7. The number of hydrogen-bond donors (Lipinski definition) is 21. The summed E-state index contributed by atoms with van der Waals surface area (Å²) in [6, 6.07) is -4.87. The fourth-order valence-electron chi connectivity index (χ4n) is 11.3. The number of primary amides is 2. The number of imidazole rings is 1. The predicted octanol–water partition coefficient (Wildman–Crippen LogP) is -6.16. The summed E-state index contributed by atoms with van der Waals surface area (Å²) in [7, 11) is 0. The molecule has 0 saturated carbocycles. The van der Waals surface area contributed by atoms with Gasteiger partial charge in [0.05, 0.1) is 31.8 Å². The number of benzene rings is 2. The largest absolute Gasteiger partial charge is 0.481 e. The van der Waals surface area contributed by atoms with Crippen LogP contribution < -0.4 is 87.2 Å². The number of aromatic nitrogens is 2. The van der Waals surface area contributed by atoms with Crippen LogP contribution in [-0.2, 0) is 103 Å². The Labute approximate surface area is 627 Å². The van der Waals surface area contributed by atoms with Gasteiger partial charge in [0.25, 0.3) is 5.91 Å². The summed E-state index contributed by atoms with van der Waals surface area (Å²) in [6.07, 6.45) is -3.18. The summed E-state index contributed by atoms with van der Waals surface area (Å²) in [6.45, 7) is 9.32. The first-order chi connectivity index (χ1) is 51.3. The molecule has 0 fully saturated rings. The molecule has 13 amide bonds. The van der Waals surface area contributed by atoms with E-state index in [0.29, 0.717) is 28.8 Å². The second-order valence-electron chi connectivity index (χ2n) is 27.1. The summed E-state index contributed by atoms with van der Waals surface area (Å²) in [5, 5.41) is 66.9. The van der Waals surface area contributed by atoms with E-state index in [1.807, 2.05) is 0 Å². The molecule has 598 valence electrons. The maximum atomic E-state index is 14.7. The second kappa shape index (κ2) is 43.8. The molecule has 26 N–H and O–H groups in total. The van der Waals surface area contributed by atoms with Gasteiger partial charge in [-0.25, -0.2) is 4.98 Å². The summed E-state index contributed by atoms with van der Waals surface area (Å²) < 4.78 is 0. The van der Waals surface area contributed by atoms with Crippen LogP contribution in [0.5, 0.6) is 0 Å². The molecule has 0 bridgehead atoms. The number of carboxylic acid groups (broad SMARTS) is 3. The zero-order valence-corrected chi connectivity index (χ0v) is 61.5. The zero-order valence-electron chi connectivity index (χ0n) is 61.5. The van der Waals surface area contributed by atoms with E-state index in [1.54, 1.807) is 82.3 Å². The van der Waals surface area contributed by atoms with Crippen LogP contribution in [-0.4, -0.2) is 228 Å². The molecule has 0 spiro atoms. The Kier molecular flexibility index (Phi) is 36.1. The molecule has 2 aromatic carbocycles. The number of aliphatic carboxylic acids is 3. The van der Waals surface area contributed by atoms with Gasteiger partial charge in [-0.05, 0) is 73.5 Å². The average molecular weight is 1530 g/mol. The van der Waals surface area contributed by atoms with E-state index in [1.165, 1.54) is 26.4 Å². The van der Waals surface area contributed by atoms with Crippen molar-refractivity contribution in [3.8, 4) is 0 Å². The summed E-state index contributed by atoms with van der Waals surface area (Å²) >= 11 is 0. The van der Waals surface area contributed by atoms with Crippen molar-refractivity contribution in [3.05, 3.63) is 89.5 Å². The minimum Gasteiger partial charge on any atom is -0.481 e. The van der Waals surface area contributed by atoms with Crippen LogP contribution in [0.15, 0.2) is 72.1 Å². The number of carbonyl (C=O) groups is 16. The number of carbonyl (C=O) groups excluding carboxylic acids is 13. The van der Waals surface area contributed by atoms with E-state index in [-0.39, 0.29) is 63.5 Å². The number of guanidine groups is 1. The van der Waals surface area contributed by atoms with Crippen molar-refractivity contribution >= 4 is 101 Å². The van der Waals surface area contributed by atoms with Crippen LogP contribution in [0, 0.1) is 17.8 Å². The summed E-state index contributed by atoms with van der Waals surface area (Å²) in [5.74, 6) is -21.1. The Morgan fingerprint density at radius 1 is 0.560 bits per heavy atom. The number of aromatic amines is 1. The SMILES string of the molecule is CC[C@H](C)[C@H](N)C(=O)N[C@@H](CO)C(=O)N[C@H](C(=O)N[C@H](C(=O)N[C@@H](CC(N)=O)C(=O)N[C@@H](CC(C)C)C(=O)N[C@@H](CC(=O)O)C(=O)N[C@@H](C)C(=O)N[C@@H](CCC(=O)O)C(=O)N[C@@H](Cc1ccccc1)C(=O)N[C@@H](CCCN=C(N)N)C(=O)N[C@@H](Cc1cnc[nH]1)C(N)=O)C(C)C)N1Cc2ccccc2C[C@H]1C(=O)O. The average Bonchev–Trinajstić information content (AvgIpc) is 1.77. The van der Waals surface area contributed by atoms with E-state index in [0.717, 1.165) is 11.8 Å². The minimum atomic E-state index is -2.05. The van der Waals surface area contributed by atoms with Crippen LogP contribution in [0.1, 0.15) is 122 Å². The minimum absolute atomic E-state index is 0.0128. The number of nitrogens with zero attached hydrogens (tertiary/aromatic N) is 3.